The molecule has 0 N–H and O–H groups in total. The molecule has 0 aromatic heterocycles. The highest BCUT2D eigenvalue weighted by atomic mass is 32.2. The molecule has 2 aromatic carbocycles. The number of aryl methyl sites for hydroxylation is 1. The van der Waals surface area contributed by atoms with Crippen molar-refractivity contribution in [2.75, 3.05) is 18.5 Å². The number of hydrogen-bond donors (Lipinski definition) is 0. The molecule has 20 heavy (non-hydrogen) atoms. The second-order valence-corrected chi connectivity index (χ2v) is 6.40. The summed E-state index contributed by atoms with van der Waals surface area (Å²) in [5.41, 5.74) is 1.58. The van der Waals surface area contributed by atoms with Gasteiger partial charge < -0.3 is 4.74 Å². The van der Waals surface area contributed by atoms with Gasteiger partial charge in [0, 0.05) is 7.05 Å². The summed E-state index contributed by atoms with van der Waals surface area (Å²) in [7, 11) is -0.460. The lowest BCUT2D eigenvalue weighted by Crippen LogP contribution is -2.27. The van der Waals surface area contributed by atoms with E-state index in [0.29, 0.717) is 11.4 Å². The summed E-state index contributed by atoms with van der Waals surface area (Å²) in [6.45, 7) is 1.88. The monoisotopic (exact) mass is 291 g/mol. The Morgan fingerprint density at radius 1 is 1.00 bits per heavy atom. The number of ether oxygens (including phenoxy) is 1. The zero-order chi connectivity index (χ0) is 14.8. The van der Waals surface area contributed by atoms with Gasteiger partial charge in [0.1, 0.15) is 5.75 Å². The first-order valence-electron chi connectivity index (χ1n) is 6.15. The molecule has 0 bridgehead atoms. The van der Waals surface area contributed by atoms with Crippen molar-refractivity contribution in [2.45, 2.75) is 11.8 Å². The van der Waals surface area contributed by atoms with E-state index < -0.39 is 10.0 Å². The standard InChI is InChI=1S/C15H17NO3S/c1-12-6-4-5-7-15(12)16(2)20(17,18)14-10-8-13(19-3)9-11-14/h4-11H,1-3H3. The van der Waals surface area contributed by atoms with Crippen molar-refractivity contribution in [2.24, 2.45) is 0 Å². The SMILES string of the molecule is COc1ccc(S(=O)(=O)N(C)c2ccccc2C)cc1. The highest BCUT2D eigenvalue weighted by Gasteiger charge is 2.22. The third-order valence-corrected chi connectivity index (χ3v) is 4.96. The molecule has 0 aliphatic carbocycles. The first-order valence-corrected chi connectivity index (χ1v) is 7.59. The van der Waals surface area contributed by atoms with Crippen molar-refractivity contribution in [3.8, 4) is 5.75 Å². The Kier molecular flexibility index (Phi) is 3.99. The van der Waals surface area contributed by atoms with Crippen LogP contribution in [0.4, 0.5) is 5.69 Å². The van der Waals surface area contributed by atoms with E-state index in [2.05, 4.69) is 0 Å². The smallest absolute Gasteiger partial charge is 0.264 e. The van der Waals surface area contributed by atoms with Crippen LogP contribution < -0.4 is 9.04 Å². The minimum Gasteiger partial charge on any atom is -0.497 e. The maximum absolute atomic E-state index is 12.6. The van der Waals surface area contributed by atoms with Crippen molar-refractivity contribution in [3.05, 3.63) is 54.1 Å². The van der Waals surface area contributed by atoms with Gasteiger partial charge in [-0.15, -0.1) is 0 Å². The normalized spacial score (nSPS) is 11.2. The van der Waals surface area contributed by atoms with Crippen LogP contribution in [0.25, 0.3) is 0 Å². The summed E-state index contributed by atoms with van der Waals surface area (Å²) < 4.78 is 31.5. The van der Waals surface area contributed by atoms with Crippen LogP contribution in [0.3, 0.4) is 0 Å². The molecule has 0 aliphatic heterocycles. The Balaban J connectivity index is 2.41. The van der Waals surface area contributed by atoms with Gasteiger partial charge in [-0.3, -0.25) is 4.31 Å². The predicted molar refractivity (Wildman–Crippen MR) is 79.8 cm³/mol. The van der Waals surface area contributed by atoms with Gasteiger partial charge in [-0.2, -0.15) is 0 Å². The lowest BCUT2D eigenvalue weighted by Gasteiger charge is -2.21. The van der Waals surface area contributed by atoms with Crippen molar-refractivity contribution in [1.82, 2.24) is 0 Å². The molecule has 106 valence electrons. The molecule has 0 aliphatic rings. The summed E-state index contributed by atoms with van der Waals surface area (Å²) in [6, 6.07) is 13.7. The largest absolute Gasteiger partial charge is 0.497 e. The third-order valence-electron chi connectivity index (χ3n) is 3.17. The number of nitrogens with zero attached hydrogens (tertiary/aromatic N) is 1. The fourth-order valence-corrected chi connectivity index (χ4v) is 3.21. The number of hydrogen-bond acceptors (Lipinski definition) is 3. The van der Waals surface area contributed by atoms with Crippen LogP contribution in [-0.4, -0.2) is 22.6 Å². The van der Waals surface area contributed by atoms with E-state index in [9.17, 15) is 8.42 Å². The lowest BCUT2D eigenvalue weighted by molar-refractivity contribution is 0.414. The van der Waals surface area contributed by atoms with Gasteiger partial charge >= 0.3 is 0 Å². The van der Waals surface area contributed by atoms with Crippen LogP contribution in [-0.2, 0) is 10.0 Å². The fourth-order valence-electron chi connectivity index (χ4n) is 1.95. The topological polar surface area (TPSA) is 46.6 Å². The van der Waals surface area contributed by atoms with Crippen LogP contribution in [0.2, 0.25) is 0 Å². The summed E-state index contributed by atoms with van der Waals surface area (Å²) >= 11 is 0. The highest BCUT2D eigenvalue weighted by Crippen LogP contribution is 2.25. The first-order chi connectivity index (χ1) is 9.46. The van der Waals surface area contributed by atoms with Crippen molar-refractivity contribution < 1.29 is 13.2 Å². The lowest BCUT2D eigenvalue weighted by atomic mass is 10.2. The van der Waals surface area contributed by atoms with Crippen LogP contribution in [0, 0.1) is 6.92 Å². The Morgan fingerprint density at radius 3 is 2.15 bits per heavy atom. The van der Waals surface area contributed by atoms with Gasteiger partial charge in [0.05, 0.1) is 17.7 Å². The van der Waals surface area contributed by atoms with Gasteiger partial charge in [-0.25, -0.2) is 8.42 Å². The van der Waals surface area contributed by atoms with Crippen molar-refractivity contribution in [3.63, 3.8) is 0 Å². The fraction of sp³-hybridized carbons (Fsp3) is 0.200. The molecule has 2 aromatic rings. The Hall–Kier alpha value is -2.01. The molecule has 4 nitrogen and oxygen atoms in total. The minimum atomic E-state index is -3.56. The Bertz CT molecular complexity index is 693. The van der Waals surface area contributed by atoms with Gasteiger partial charge in [0.2, 0.25) is 0 Å². The Labute approximate surface area is 119 Å². The third kappa shape index (κ3) is 2.63. The van der Waals surface area contributed by atoms with Gasteiger partial charge in [-0.1, -0.05) is 18.2 Å². The van der Waals surface area contributed by atoms with Crippen molar-refractivity contribution >= 4 is 15.7 Å². The van der Waals surface area contributed by atoms with E-state index in [1.165, 1.54) is 4.31 Å². The molecule has 2 rings (SSSR count). The van der Waals surface area contributed by atoms with E-state index in [4.69, 9.17) is 4.74 Å². The Morgan fingerprint density at radius 2 is 1.60 bits per heavy atom. The van der Waals surface area contributed by atoms with Crippen LogP contribution in [0.5, 0.6) is 5.75 Å². The van der Waals surface area contributed by atoms with Crippen molar-refractivity contribution in [1.29, 1.82) is 0 Å². The highest BCUT2D eigenvalue weighted by molar-refractivity contribution is 7.92. The van der Waals surface area contributed by atoms with E-state index in [-0.39, 0.29) is 4.90 Å². The molecule has 0 amide bonds. The van der Waals surface area contributed by atoms with Crippen LogP contribution in [0.15, 0.2) is 53.4 Å². The van der Waals surface area contributed by atoms with Gasteiger partial charge in [0.25, 0.3) is 10.0 Å². The number of anilines is 1. The zero-order valence-corrected chi connectivity index (χ0v) is 12.5. The number of benzene rings is 2. The average molecular weight is 291 g/mol. The first kappa shape index (κ1) is 14.4. The molecule has 5 heteroatoms. The summed E-state index contributed by atoms with van der Waals surface area (Å²) in [6.07, 6.45) is 0. The quantitative estimate of drug-likeness (QED) is 0.870. The molecule has 0 spiro atoms. The molecule has 0 unspecified atom stereocenters. The van der Waals surface area contributed by atoms with E-state index in [1.807, 2.05) is 25.1 Å². The molecule has 0 radical (unpaired) electrons. The molecular formula is C15H17NO3S. The molecular weight excluding hydrogens is 274 g/mol. The summed E-state index contributed by atoms with van der Waals surface area (Å²) in [5, 5.41) is 0. The average Bonchev–Trinajstić information content (AvgIpc) is 2.47. The molecule has 0 saturated heterocycles. The molecule has 0 atom stereocenters. The maximum Gasteiger partial charge on any atom is 0.264 e. The van der Waals surface area contributed by atoms with Gasteiger partial charge in [0.15, 0.2) is 0 Å². The number of rotatable bonds is 4. The van der Waals surface area contributed by atoms with Gasteiger partial charge in [-0.05, 0) is 42.8 Å². The molecule has 0 saturated carbocycles. The zero-order valence-electron chi connectivity index (χ0n) is 11.7. The summed E-state index contributed by atoms with van der Waals surface area (Å²) in [4.78, 5) is 0.240. The molecule has 0 heterocycles. The number of sulfonamides is 1. The second kappa shape index (κ2) is 5.54. The maximum atomic E-state index is 12.6. The second-order valence-electron chi connectivity index (χ2n) is 4.43. The van der Waals surface area contributed by atoms with E-state index >= 15 is 0 Å². The van der Waals surface area contributed by atoms with E-state index in [1.54, 1.807) is 44.5 Å². The van der Waals surface area contributed by atoms with Crippen LogP contribution in [0.1, 0.15) is 5.56 Å². The minimum absolute atomic E-state index is 0.240. The number of para-hydroxylation sites is 1. The number of methoxy groups -OCH3 is 1. The van der Waals surface area contributed by atoms with Crippen LogP contribution >= 0.6 is 0 Å². The van der Waals surface area contributed by atoms with E-state index in [0.717, 1.165) is 5.56 Å². The molecule has 0 fully saturated rings. The summed E-state index contributed by atoms with van der Waals surface area (Å²) in [5.74, 6) is 0.627. The predicted octanol–water partition coefficient (Wildman–Crippen LogP) is 2.83.